The standard InChI is InChI=1S/C11H17NO.C10H15N.C9H11F.C9H13N.C8H10FN.C8H11N.C8H14O.2C7H12N2/c1-8(2)10-5-6-11(12-7-10)13-9(3)4;1-7(2)10-5-8(3)11-9(4)6-10;1-7(2)8-3-5-9(10)6-4-8;1-7(2)9-4-5-10-8(3)6-9;1-6(2)7-3-4-10-8(9)5-7;2*1-7(2)8-3-5-9-6-4-8;2*1-6(2)7-4-8-9(3)5-7/h5-9H,1-4H3;5-7H,1-4H3;3-7H,1-2H3;4-7H,1-3H3;3-6H,1-2H3;3-7H,1-2H3;3,7H,4-6H2,1-2H3;2*4-6H,1-3H3. The first kappa shape index (κ1) is 80.8. The number of halogens is 2. The molecule has 494 valence electrons. The average molecular weight is 1240 g/mol. The molecule has 0 bridgehead atoms. The molecule has 11 nitrogen and oxygen atoms in total. The fourth-order valence-corrected chi connectivity index (χ4v) is 8.09. The summed E-state index contributed by atoms with van der Waals surface area (Å²) in [7, 11) is 3.87. The highest BCUT2D eigenvalue weighted by atomic mass is 19.1. The summed E-state index contributed by atoms with van der Waals surface area (Å²) in [5.74, 6) is 5.28. The summed E-state index contributed by atoms with van der Waals surface area (Å²) in [6, 6.07) is 26.5. The van der Waals surface area contributed by atoms with Gasteiger partial charge in [0.15, 0.2) is 0 Å². The third kappa shape index (κ3) is 36.4. The predicted octanol–water partition coefficient (Wildman–Crippen LogP) is 20.9. The van der Waals surface area contributed by atoms with Crippen LogP contribution in [-0.4, -0.2) is 63.8 Å². The minimum Gasteiger partial charge on any atom is -0.475 e. The Morgan fingerprint density at radius 3 is 1.16 bits per heavy atom. The van der Waals surface area contributed by atoms with Gasteiger partial charge >= 0.3 is 0 Å². The minimum atomic E-state index is -0.397. The van der Waals surface area contributed by atoms with Crippen molar-refractivity contribution < 1.29 is 18.3 Å². The van der Waals surface area contributed by atoms with Crippen molar-refractivity contribution in [1.29, 1.82) is 0 Å². The summed E-state index contributed by atoms with van der Waals surface area (Å²) in [5.41, 5.74) is 15.0. The molecule has 1 aromatic carbocycles. The topological polar surface area (TPSA) is 119 Å². The second kappa shape index (κ2) is 44.3. The van der Waals surface area contributed by atoms with E-state index in [9.17, 15) is 8.78 Å². The van der Waals surface area contributed by atoms with Crippen molar-refractivity contribution in [2.75, 3.05) is 13.2 Å². The van der Waals surface area contributed by atoms with Crippen LogP contribution >= 0.6 is 0 Å². The largest absolute Gasteiger partial charge is 0.475 e. The van der Waals surface area contributed by atoms with Gasteiger partial charge in [0.05, 0.1) is 31.7 Å². The number of aromatic nitrogens is 9. The second-order valence-corrected chi connectivity index (χ2v) is 25.6. The number of hydrogen-bond donors (Lipinski definition) is 0. The van der Waals surface area contributed by atoms with Gasteiger partial charge in [0, 0.05) is 80.6 Å². The molecule has 9 rings (SSSR count). The van der Waals surface area contributed by atoms with Crippen LogP contribution in [0.4, 0.5) is 8.78 Å². The zero-order valence-electron chi connectivity index (χ0n) is 59.8. The summed E-state index contributed by atoms with van der Waals surface area (Å²) in [5, 5.41) is 8.11. The van der Waals surface area contributed by atoms with Crippen molar-refractivity contribution in [3.8, 4) is 5.88 Å². The van der Waals surface area contributed by atoms with E-state index >= 15 is 0 Å². The molecule has 8 heterocycles. The Morgan fingerprint density at radius 2 is 0.844 bits per heavy atom. The lowest BCUT2D eigenvalue weighted by atomic mass is 9.99. The van der Waals surface area contributed by atoms with Gasteiger partial charge < -0.3 is 9.47 Å². The third-order valence-electron chi connectivity index (χ3n) is 14.0. The molecule has 90 heavy (non-hydrogen) atoms. The van der Waals surface area contributed by atoms with E-state index in [4.69, 9.17) is 9.47 Å². The fraction of sp³-hybridized carbons (Fsp3) is 0.494. The molecule has 7 aromatic heterocycles. The SMILES string of the molecule is CC(C)C1=CCOCC1.CC(C)Oc1ccc(C(C)C)cn1.CC(C)c1ccc(F)cc1.CC(C)c1ccnc(F)c1.CC(C)c1ccncc1.CC(C)c1cnn(C)c1.CC(C)c1cnn(C)c1.Cc1cc(C(C)C)cc(C)n1.Cc1cc(C(C)C)ccn1. The molecular weight excluding hydrogens is 1120 g/mol. The molecule has 0 aliphatic carbocycles. The van der Waals surface area contributed by atoms with Gasteiger partial charge in [-0.15, -0.1) is 0 Å². The molecule has 0 N–H and O–H groups in total. The Labute approximate surface area is 544 Å². The molecule has 0 unspecified atom stereocenters. The van der Waals surface area contributed by atoms with Crippen LogP contribution in [0.1, 0.15) is 254 Å². The molecule has 0 atom stereocenters. The second-order valence-electron chi connectivity index (χ2n) is 25.6. The van der Waals surface area contributed by atoms with Crippen molar-refractivity contribution in [1.82, 2.24) is 44.5 Å². The van der Waals surface area contributed by atoms with Gasteiger partial charge in [-0.3, -0.25) is 24.3 Å². The molecule has 0 amide bonds. The average Bonchev–Trinajstić information content (AvgIpc) is 4.16. The van der Waals surface area contributed by atoms with Gasteiger partial charge in [-0.05, 0) is 199 Å². The van der Waals surface area contributed by atoms with Crippen LogP contribution in [0.2, 0.25) is 0 Å². The first-order valence-electron chi connectivity index (χ1n) is 32.3. The molecule has 1 aliphatic rings. The van der Waals surface area contributed by atoms with Crippen molar-refractivity contribution >= 4 is 0 Å². The number of aryl methyl sites for hydroxylation is 5. The third-order valence-corrected chi connectivity index (χ3v) is 14.0. The van der Waals surface area contributed by atoms with Gasteiger partial charge in [-0.1, -0.05) is 154 Å². The Morgan fingerprint density at radius 1 is 0.422 bits per heavy atom. The molecule has 1 aliphatic heterocycles. The van der Waals surface area contributed by atoms with E-state index in [0.29, 0.717) is 59.1 Å². The number of benzene rings is 1. The maximum absolute atomic E-state index is 12.4. The summed E-state index contributed by atoms with van der Waals surface area (Å²) in [4.78, 5) is 20.0. The monoisotopic (exact) mass is 1240 g/mol. The lowest BCUT2D eigenvalue weighted by molar-refractivity contribution is 0.151. The molecule has 0 saturated carbocycles. The number of pyridine rings is 5. The van der Waals surface area contributed by atoms with Crippen molar-refractivity contribution in [2.24, 2.45) is 20.0 Å². The molecule has 0 fully saturated rings. The van der Waals surface area contributed by atoms with Gasteiger partial charge in [-0.2, -0.15) is 14.6 Å². The predicted molar refractivity (Wildman–Crippen MR) is 375 cm³/mol. The number of nitrogens with zero attached hydrogens (tertiary/aromatic N) is 9. The molecule has 0 spiro atoms. The van der Waals surface area contributed by atoms with Crippen molar-refractivity contribution in [3.63, 3.8) is 0 Å². The van der Waals surface area contributed by atoms with Crippen LogP contribution in [0.3, 0.4) is 0 Å². The molecular formula is C77H115F2N9O2. The highest BCUT2D eigenvalue weighted by Gasteiger charge is 2.07. The van der Waals surface area contributed by atoms with E-state index < -0.39 is 5.95 Å². The van der Waals surface area contributed by atoms with Crippen molar-refractivity contribution in [2.45, 2.75) is 219 Å². The molecule has 8 aromatic rings. The quantitative estimate of drug-likeness (QED) is 0.0921. The van der Waals surface area contributed by atoms with Crippen LogP contribution in [-0.2, 0) is 18.8 Å². The Bertz CT molecular complexity index is 3030. The fourth-order valence-electron chi connectivity index (χ4n) is 8.09. The summed E-state index contributed by atoms with van der Waals surface area (Å²) in [6.45, 7) is 50.6. The Hall–Kier alpha value is -7.25. The van der Waals surface area contributed by atoms with E-state index in [1.165, 1.54) is 63.3 Å². The van der Waals surface area contributed by atoms with E-state index in [0.717, 1.165) is 42.3 Å². The maximum Gasteiger partial charge on any atom is 0.213 e. The molecule has 0 radical (unpaired) electrons. The van der Waals surface area contributed by atoms with Crippen molar-refractivity contribution in [3.05, 3.63) is 226 Å². The molecule has 0 saturated heterocycles. The Balaban J connectivity index is 0.000000507. The first-order chi connectivity index (χ1) is 42.3. The zero-order chi connectivity index (χ0) is 68.0. The Kier molecular flexibility index (Phi) is 39.7. The maximum atomic E-state index is 12.4. The van der Waals surface area contributed by atoms with E-state index in [-0.39, 0.29) is 11.9 Å². The summed E-state index contributed by atoms with van der Waals surface area (Å²) >= 11 is 0. The highest BCUT2D eigenvalue weighted by Crippen LogP contribution is 2.20. The van der Waals surface area contributed by atoms with Crippen LogP contribution in [0.5, 0.6) is 5.88 Å². The zero-order valence-corrected chi connectivity index (χ0v) is 59.8. The van der Waals surface area contributed by atoms with Gasteiger partial charge in [0.1, 0.15) is 5.82 Å². The smallest absolute Gasteiger partial charge is 0.213 e. The first-order valence-corrected chi connectivity index (χ1v) is 32.3. The van der Waals surface area contributed by atoms with Gasteiger partial charge in [-0.25, -0.2) is 14.4 Å². The molecule has 13 heteroatoms. The van der Waals surface area contributed by atoms with Crippen LogP contribution in [0, 0.1) is 38.5 Å². The summed E-state index contributed by atoms with van der Waals surface area (Å²) in [6.07, 6.45) is 20.3. The lowest BCUT2D eigenvalue weighted by Gasteiger charge is -2.15. The van der Waals surface area contributed by atoms with Gasteiger partial charge in [0.25, 0.3) is 0 Å². The van der Waals surface area contributed by atoms with E-state index in [1.807, 2.05) is 158 Å². The minimum absolute atomic E-state index is 0.163. The number of rotatable bonds is 11. The van der Waals surface area contributed by atoms with E-state index in [2.05, 4.69) is 182 Å². The van der Waals surface area contributed by atoms with E-state index in [1.54, 1.807) is 5.57 Å². The normalized spacial score (nSPS) is 11.5. The summed E-state index contributed by atoms with van der Waals surface area (Å²) < 4.78 is 39.0. The van der Waals surface area contributed by atoms with Gasteiger partial charge in [0.2, 0.25) is 11.8 Å². The lowest BCUT2D eigenvalue weighted by Crippen LogP contribution is -2.07. The van der Waals surface area contributed by atoms with Crippen LogP contribution in [0.15, 0.2) is 152 Å². The number of ether oxygens (including phenoxy) is 2. The van der Waals surface area contributed by atoms with Crippen LogP contribution < -0.4 is 4.74 Å². The van der Waals surface area contributed by atoms with Crippen LogP contribution in [0.25, 0.3) is 0 Å². The number of hydrogen-bond acceptors (Lipinski definition) is 9. The highest BCUT2D eigenvalue weighted by molar-refractivity contribution is 5.24.